The first-order chi connectivity index (χ1) is 27.3. The Morgan fingerprint density at radius 3 is 1.40 bits per heavy atom. The zero-order valence-corrected chi connectivity index (χ0v) is 29.9. The normalized spacial score (nSPS) is 11.6. The number of benzene rings is 9. The minimum Gasteiger partial charge on any atom is -0.455 e. The predicted molar refractivity (Wildman–Crippen MR) is 231 cm³/mol. The van der Waals surface area contributed by atoms with E-state index in [0.717, 1.165) is 55.5 Å². The lowest BCUT2D eigenvalue weighted by atomic mass is 10.0. The Hall–Kier alpha value is -7.36. The fourth-order valence-electron chi connectivity index (χ4n) is 8.46. The monoisotopic (exact) mass is 702 g/mol. The molecule has 9 aromatic carbocycles. The molecule has 0 bridgehead atoms. The fraction of sp³-hybridized carbons (Fsp3) is 0. The van der Waals surface area contributed by atoms with Crippen molar-refractivity contribution in [2.75, 3.05) is 4.90 Å². The van der Waals surface area contributed by atoms with Crippen molar-refractivity contribution in [2.24, 2.45) is 0 Å². The standard InChI is InChI=1S/C52H34N2O/c1-3-14-35(15-4-1)37-26-30-39(31-27-37)53(40-32-28-38(29-33-40)36-16-5-2-6-17-36)48-24-13-25-50-51(48)45-34-49(43-20-7-8-21-44(43)52(45)55-50)54-46-22-11-9-18-41(46)42-19-10-12-23-47(42)54/h1-34H. The zero-order valence-electron chi connectivity index (χ0n) is 29.9. The van der Waals surface area contributed by atoms with Crippen molar-refractivity contribution in [1.82, 2.24) is 4.57 Å². The average Bonchev–Trinajstić information content (AvgIpc) is 3.81. The molecule has 3 nitrogen and oxygen atoms in total. The fourth-order valence-corrected chi connectivity index (χ4v) is 8.46. The third-order valence-electron chi connectivity index (χ3n) is 11.0. The van der Waals surface area contributed by atoms with Crippen LogP contribution in [0.5, 0.6) is 0 Å². The van der Waals surface area contributed by atoms with Gasteiger partial charge in [0.2, 0.25) is 0 Å². The molecule has 3 heteroatoms. The summed E-state index contributed by atoms with van der Waals surface area (Å²) in [5.74, 6) is 0. The van der Waals surface area contributed by atoms with E-state index in [4.69, 9.17) is 4.42 Å². The number of hydrogen-bond acceptors (Lipinski definition) is 2. The van der Waals surface area contributed by atoms with Crippen molar-refractivity contribution in [3.8, 4) is 27.9 Å². The third-order valence-corrected chi connectivity index (χ3v) is 11.0. The molecule has 0 fully saturated rings. The van der Waals surface area contributed by atoms with Crippen LogP contribution in [0.2, 0.25) is 0 Å². The summed E-state index contributed by atoms with van der Waals surface area (Å²) < 4.78 is 9.32. The summed E-state index contributed by atoms with van der Waals surface area (Å²) in [6, 6.07) is 73.8. The van der Waals surface area contributed by atoms with Crippen LogP contribution < -0.4 is 4.90 Å². The van der Waals surface area contributed by atoms with Crippen LogP contribution in [0, 0.1) is 0 Å². The van der Waals surface area contributed by atoms with E-state index in [0.29, 0.717) is 0 Å². The first-order valence-electron chi connectivity index (χ1n) is 18.8. The SMILES string of the molecule is c1ccc(-c2ccc(N(c3ccc(-c4ccccc4)cc3)c3cccc4oc5c6ccccc6c(-n6c7ccccc7c7ccccc76)cc5c34)cc2)cc1. The molecule has 55 heavy (non-hydrogen) atoms. The maximum atomic E-state index is 6.89. The van der Waals surface area contributed by atoms with Crippen molar-refractivity contribution in [1.29, 1.82) is 0 Å². The molecule has 11 aromatic rings. The summed E-state index contributed by atoms with van der Waals surface area (Å²) in [4.78, 5) is 2.37. The number of anilines is 3. The van der Waals surface area contributed by atoms with Crippen LogP contribution in [0.3, 0.4) is 0 Å². The summed E-state index contributed by atoms with van der Waals surface area (Å²) in [7, 11) is 0. The van der Waals surface area contributed by atoms with Gasteiger partial charge in [0.15, 0.2) is 0 Å². The molecular formula is C52H34N2O. The largest absolute Gasteiger partial charge is 0.455 e. The Morgan fingerprint density at radius 1 is 0.364 bits per heavy atom. The highest BCUT2D eigenvalue weighted by atomic mass is 16.3. The van der Waals surface area contributed by atoms with E-state index in [1.54, 1.807) is 0 Å². The number of aromatic nitrogens is 1. The second-order valence-corrected chi connectivity index (χ2v) is 14.1. The minimum atomic E-state index is 0.851. The van der Waals surface area contributed by atoms with E-state index in [1.807, 2.05) is 0 Å². The van der Waals surface area contributed by atoms with Gasteiger partial charge in [0.05, 0.1) is 27.8 Å². The maximum absolute atomic E-state index is 6.89. The molecule has 0 aliphatic rings. The predicted octanol–water partition coefficient (Wildman–Crippen LogP) is 14.6. The van der Waals surface area contributed by atoms with Gasteiger partial charge >= 0.3 is 0 Å². The van der Waals surface area contributed by atoms with Crippen LogP contribution in [0.25, 0.3) is 82.5 Å². The summed E-state index contributed by atoms with van der Waals surface area (Å²) in [5, 5.41) is 6.86. The van der Waals surface area contributed by atoms with E-state index in [-0.39, 0.29) is 0 Å². The van der Waals surface area contributed by atoms with E-state index in [9.17, 15) is 0 Å². The first kappa shape index (κ1) is 31.2. The zero-order chi connectivity index (χ0) is 36.3. The van der Waals surface area contributed by atoms with Gasteiger partial charge in [-0.25, -0.2) is 0 Å². The Kier molecular flexibility index (Phi) is 7.17. The Balaban J connectivity index is 1.18. The van der Waals surface area contributed by atoms with Gasteiger partial charge in [-0.1, -0.05) is 152 Å². The Bertz CT molecular complexity index is 3040. The van der Waals surface area contributed by atoms with Gasteiger partial charge in [-0.05, 0) is 76.9 Å². The molecule has 2 heterocycles. The van der Waals surface area contributed by atoms with Gasteiger partial charge in [-0.3, -0.25) is 0 Å². The molecule has 0 unspecified atom stereocenters. The highest BCUT2D eigenvalue weighted by Gasteiger charge is 2.23. The number of rotatable bonds is 6. The molecule has 258 valence electrons. The van der Waals surface area contributed by atoms with Crippen LogP contribution in [-0.2, 0) is 0 Å². The Morgan fingerprint density at radius 2 is 0.836 bits per heavy atom. The smallest absolute Gasteiger partial charge is 0.143 e. The maximum Gasteiger partial charge on any atom is 0.143 e. The Labute approximate surface area is 318 Å². The van der Waals surface area contributed by atoms with Gasteiger partial charge in [-0.2, -0.15) is 0 Å². The van der Waals surface area contributed by atoms with Crippen LogP contribution in [0.4, 0.5) is 17.1 Å². The molecule has 0 N–H and O–H groups in total. The molecule has 0 aliphatic carbocycles. The van der Waals surface area contributed by atoms with Gasteiger partial charge < -0.3 is 13.9 Å². The van der Waals surface area contributed by atoms with Crippen molar-refractivity contribution >= 4 is 71.6 Å². The summed E-state index contributed by atoms with van der Waals surface area (Å²) in [5.41, 5.74) is 13.2. The topological polar surface area (TPSA) is 21.3 Å². The number of nitrogens with zero attached hydrogens (tertiary/aromatic N) is 2. The van der Waals surface area contributed by atoms with Crippen LogP contribution in [0.15, 0.2) is 211 Å². The molecule has 2 aromatic heterocycles. The molecule has 0 atom stereocenters. The van der Waals surface area contributed by atoms with E-state index in [2.05, 4.69) is 216 Å². The van der Waals surface area contributed by atoms with Gasteiger partial charge in [0, 0.05) is 38.3 Å². The van der Waals surface area contributed by atoms with Crippen molar-refractivity contribution in [3.63, 3.8) is 0 Å². The molecule has 0 radical (unpaired) electrons. The van der Waals surface area contributed by atoms with Gasteiger partial charge in [0.1, 0.15) is 11.2 Å². The van der Waals surface area contributed by atoms with Gasteiger partial charge in [-0.15, -0.1) is 0 Å². The second-order valence-electron chi connectivity index (χ2n) is 14.1. The minimum absolute atomic E-state index is 0.851. The third kappa shape index (κ3) is 5.05. The average molecular weight is 703 g/mol. The summed E-state index contributed by atoms with van der Waals surface area (Å²) in [6.45, 7) is 0. The number of para-hydroxylation sites is 2. The van der Waals surface area contributed by atoms with Crippen molar-refractivity contribution in [2.45, 2.75) is 0 Å². The molecule has 0 saturated carbocycles. The van der Waals surface area contributed by atoms with E-state index in [1.165, 1.54) is 44.1 Å². The summed E-state index contributed by atoms with van der Waals surface area (Å²) in [6.07, 6.45) is 0. The lowest BCUT2D eigenvalue weighted by Gasteiger charge is -2.26. The molecule has 0 aliphatic heterocycles. The lowest BCUT2D eigenvalue weighted by molar-refractivity contribution is 0.672. The summed E-state index contributed by atoms with van der Waals surface area (Å²) >= 11 is 0. The molecule has 11 rings (SSSR count). The number of fused-ring (bicyclic) bond motifs is 8. The van der Waals surface area contributed by atoms with E-state index < -0.39 is 0 Å². The van der Waals surface area contributed by atoms with Gasteiger partial charge in [0.25, 0.3) is 0 Å². The van der Waals surface area contributed by atoms with Crippen molar-refractivity contribution < 1.29 is 4.42 Å². The number of hydrogen-bond donors (Lipinski definition) is 0. The van der Waals surface area contributed by atoms with Crippen molar-refractivity contribution in [3.05, 3.63) is 206 Å². The molecular weight excluding hydrogens is 669 g/mol. The highest BCUT2D eigenvalue weighted by molar-refractivity contribution is 6.22. The quantitative estimate of drug-likeness (QED) is 0.172. The molecule has 0 saturated heterocycles. The lowest BCUT2D eigenvalue weighted by Crippen LogP contribution is -2.10. The van der Waals surface area contributed by atoms with Crippen LogP contribution >= 0.6 is 0 Å². The number of furan rings is 1. The molecule has 0 spiro atoms. The molecule has 0 amide bonds. The van der Waals surface area contributed by atoms with Crippen LogP contribution in [0.1, 0.15) is 0 Å². The van der Waals surface area contributed by atoms with E-state index >= 15 is 0 Å². The first-order valence-corrected chi connectivity index (χ1v) is 18.8. The second kappa shape index (κ2) is 12.6. The highest BCUT2D eigenvalue weighted by Crippen LogP contribution is 2.46. The van der Waals surface area contributed by atoms with Crippen LogP contribution in [-0.4, -0.2) is 4.57 Å².